The molecule has 0 saturated heterocycles. The fraction of sp³-hybridized carbons (Fsp3) is 0.647. The summed E-state index contributed by atoms with van der Waals surface area (Å²) in [6.45, 7) is 11.1. The lowest BCUT2D eigenvalue weighted by molar-refractivity contribution is 0.391. The summed E-state index contributed by atoms with van der Waals surface area (Å²) < 4.78 is 11.9. The number of rotatable bonds is 7. The third kappa shape index (κ3) is 4.18. The van der Waals surface area contributed by atoms with Crippen molar-refractivity contribution in [2.75, 3.05) is 18.6 Å². The van der Waals surface area contributed by atoms with Crippen molar-refractivity contribution in [3.63, 3.8) is 0 Å². The van der Waals surface area contributed by atoms with E-state index >= 15 is 0 Å². The SMILES string of the molecule is CCSC1CC(SCC)c2cc(O[Si](C)(C)C)c(OC)cc21. The van der Waals surface area contributed by atoms with Crippen molar-refractivity contribution in [1.82, 2.24) is 0 Å². The maximum absolute atomic E-state index is 6.27. The Balaban J connectivity index is 2.42. The van der Waals surface area contributed by atoms with Gasteiger partial charge < -0.3 is 9.16 Å². The number of fused-ring (bicyclic) bond motifs is 1. The summed E-state index contributed by atoms with van der Waals surface area (Å²) >= 11 is 4.10. The molecule has 2 atom stereocenters. The van der Waals surface area contributed by atoms with Crippen LogP contribution in [-0.2, 0) is 0 Å². The molecule has 0 aromatic heterocycles. The first-order chi connectivity index (χ1) is 10.4. The van der Waals surface area contributed by atoms with Gasteiger partial charge in [0, 0.05) is 10.5 Å². The molecule has 0 radical (unpaired) electrons. The maximum Gasteiger partial charge on any atom is 0.242 e. The minimum absolute atomic E-state index is 0.596. The summed E-state index contributed by atoms with van der Waals surface area (Å²) in [6, 6.07) is 4.49. The standard InChI is InChI=1S/C17H28O2S2Si/c1-7-20-16-11-17(21-8-2)13-10-15(19-22(4,5)6)14(18-3)9-12(13)16/h9-10,16-17H,7-8,11H2,1-6H3. The van der Waals surface area contributed by atoms with Gasteiger partial charge in [-0.15, -0.1) is 0 Å². The van der Waals surface area contributed by atoms with Gasteiger partial charge in [0.05, 0.1) is 7.11 Å². The fourth-order valence-electron chi connectivity index (χ4n) is 2.88. The molecule has 2 nitrogen and oxygen atoms in total. The Labute approximate surface area is 144 Å². The quantitative estimate of drug-likeness (QED) is 0.566. The van der Waals surface area contributed by atoms with Crippen LogP contribution < -0.4 is 9.16 Å². The van der Waals surface area contributed by atoms with Crippen LogP contribution in [0.3, 0.4) is 0 Å². The number of methoxy groups -OCH3 is 1. The van der Waals surface area contributed by atoms with E-state index < -0.39 is 8.32 Å². The highest BCUT2D eigenvalue weighted by Gasteiger charge is 2.33. The Bertz CT molecular complexity index is 514. The van der Waals surface area contributed by atoms with Crippen LogP contribution in [0, 0.1) is 0 Å². The van der Waals surface area contributed by atoms with E-state index in [1.165, 1.54) is 17.5 Å². The molecule has 0 saturated carbocycles. The molecule has 1 aliphatic rings. The van der Waals surface area contributed by atoms with Crippen molar-refractivity contribution in [3.05, 3.63) is 23.3 Å². The molecule has 22 heavy (non-hydrogen) atoms. The van der Waals surface area contributed by atoms with Crippen LogP contribution in [0.5, 0.6) is 11.5 Å². The molecule has 0 N–H and O–H groups in total. The van der Waals surface area contributed by atoms with Crippen LogP contribution >= 0.6 is 23.5 Å². The van der Waals surface area contributed by atoms with Crippen LogP contribution in [0.4, 0.5) is 0 Å². The molecule has 1 aromatic rings. The summed E-state index contributed by atoms with van der Waals surface area (Å²) in [4.78, 5) is 0. The molecule has 0 bridgehead atoms. The van der Waals surface area contributed by atoms with Gasteiger partial charge in [-0.1, -0.05) is 13.8 Å². The van der Waals surface area contributed by atoms with Gasteiger partial charge >= 0.3 is 0 Å². The average molecular weight is 357 g/mol. The third-order valence-corrected chi connectivity index (χ3v) is 6.84. The van der Waals surface area contributed by atoms with E-state index in [1.807, 2.05) is 11.8 Å². The monoisotopic (exact) mass is 356 g/mol. The Morgan fingerprint density at radius 3 is 1.91 bits per heavy atom. The van der Waals surface area contributed by atoms with E-state index in [4.69, 9.17) is 9.16 Å². The molecule has 0 amide bonds. The smallest absolute Gasteiger partial charge is 0.242 e. The van der Waals surface area contributed by atoms with E-state index in [0.717, 1.165) is 23.0 Å². The van der Waals surface area contributed by atoms with Gasteiger partial charge in [-0.05, 0) is 60.8 Å². The zero-order valence-electron chi connectivity index (χ0n) is 14.6. The summed E-state index contributed by atoms with van der Waals surface area (Å²) in [6.07, 6.45) is 1.23. The normalized spacial score (nSPS) is 20.8. The van der Waals surface area contributed by atoms with E-state index in [2.05, 4.69) is 57.4 Å². The van der Waals surface area contributed by atoms with E-state index in [-0.39, 0.29) is 0 Å². The lowest BCUT2D eigenvalue weighted by Crippen LogP contribution is -2.29. The molecule has 1 aromatic carbocycles. The van der Waals surface area contributed by atoms with Crippen molar-refractivity contribution in [1.29, 1.82) is 0 Å². The van der Waals surface area contributed by atoms with Gasteiger partial charge in [-0.25, -0.2) is 0 Å². The first kappa shape index (κ1) is 18.1. The highest BCUT2D eigenvalue weighted by atomic mass is 32.2. The summed E-state index contributed by atoms with van der Waals surface area (Å²) in [5, 5.41) is 1.19. The minimum Gasteiger partial charge on any atom is -0.542 e. The van der Waals surface area contributed by atoms with Gasteiger partial charge in [0.15, 0.2) is 5.75 Å². The lowest BCUT2D eigenvalue weighted by Gasteiger charge is -2.23. The molecule has 0 aliphatic heterocycles. The highest BCUT2D eigenvalue weighted by Crippen LogP contribution is 2.54. The molecular weight excluding hydrogens is 328 g/mol. The molecule has 124 valence electrons. The van der Waals surface area contributed by atoms with Crippen LogP contribution in [0.15, 0.2) is 12.1 Å². The third-order valence-electron chi connectivity index (χ3n) is 3.64. The minimum atomic E-state index is -1.64. The highest BCUT2D eigenvalue weighted by molar-refractivity contribution is 8.00. The largest absolute Gasteiger partial charge is 0.542 e. The Kier molecular flexibility index (Phi) is 6.19. The predicted molar refractivity (Wildman–Crippen MR) is 103 cm³/mol. The Morgan fingerprint density at radius 1 is 1.00 bits per heavy atom. The molecule has 0 spiro atoms. The summed E-state index contributed by atoms with van der Waals surface area (Å²) in [5.74, 6) is 4.14. The van der Waals surface area contributed by atoms with Crippen LogP contribution in [0.1, 0.15) is 41.9 Å². The molecular formula is C17H28O2S2Si. The van der Waals surface area contributed by atoms with Crippen LogP contribution in [0.25, 0.3) is 0 Å². The Hall–Kier alpha value is -0.263. The van der Waals surface area contributed by atoms with Gasteiger partial charge in [0.2, 0.25) is 8.32 Å². The first-order valence-electron chi connectivity index (χ1n) is 8.03. The van der Waals surface area contributed by atoms with Crippen LogP contribution in [0.2, 0.25) is 19.6 Å². The second-order valence-corrected chi connectivity index (χ2v) is 13.9. The summed E-state index contributed by atoms with van der Waals surface area (Å²) in [5.41, 5.74) is 2.92. The van der Waals surface area contributed by atoms with Gasteiger partial charge in [0.25, 0.3) is 0 Å². The zero-order chi connectivity index (χ0) is 16.3. The molecule has 1 aliphatic carbocycles. The van der Waals surface area contributed by atoms with E-state index in [9.17, 15) is 0 Å². The van der Waals surface area contributed by atoms with Crippen molar-refractivity contribution in [3.8, 4) is 11.5 Å². The van der Waals surface area contributed by atoms with E-state index in [0.29, 0.717) is 10.5 Å². The molecule has 0 heterocycles. The predicted octanol–water partition coefficient (Wildman–Crippen LogP) is 5.90. The second kappa shape index (κ2) is 7.54. The number of hydrogen-bond acceptors (Lipinski definition) is 4. The van der Waals surface area contributed by atoms with Gasteiger partial charge in [-0.3, -0.25) is 0 Å². The molecule has 5 heteroatoms. The molecule has 2 rings (SSSR count). The maximum atomic E-state index is 6.27. The van der Waals surface area contributed by atoms with Crippen molar-refractivity contribution in [2.45, 2.75) is 50.4 Å². The molecule has 0 fully saturated rings. The van der Waals surface area contributed by atoms with Crippen LogP contribution in [-0.4, -0.2) is 26.9 Å². The average Bonchev–Trinajstić information content (AvgIpc) is 2.75. The van der Waals surface area contributed by atoms with Crippen molar-refractivity contribution >= 4 is 31.8 Å². The molecule has 2 unspecified atom stereocenters. The van der Waals surface area contributed by atoms with E-state index in [1.54, 1.807) is 7.11 Å². The Morgan fingerprint density at radius 2 is 1.50 bits per heavy atom. The fourth-order valence-corrected chi connectivity index (χ4v) is 6.05. The first-order valence-corrected chi connectivity index (χ1v) is 13.5. The number of ether oxygens (including phenoxy) is 1. The van der Waals surface area contributed by atoms with Crippen molar-refractivity contribution < 1.29 is 9.16 Å². The number of benzene rings is 1. The number of hydrogen-bond donors (Lipinski definition) is 0. The lowest BCUT2D eigenvalue weighted by atomic mass is 10.1. The van der Waals surface area contributed by atoms with Crippen molar-refractivity contribution in [2.24, 2.45) is 0 Å². The number of thioether (sulfide) groups is 2. The van der Waals surface area contributed by atoms with Gasteiger partial charge in [0.1, 0.15) is 5.75 Å². The topological polar surface area (TPSA) is 18.5 Å². The zero-order valence-corrected chi connectivity index (χ0v) is 17.2. The second-order valence-electron chi connectivity index (χ2n) is 6.47. The van der Waals surface area contributed by atoms with Gasteiger partial charge in [-0.2, -0.15) is 23.5 Å². The summed E-state index contributed by atoms with van der Waals surface area (Å²) in [7, 11) is 0.101.